The average Bonchev–Trinajstić information content (AvgIpc) is 3.39. The van der Waals surface area contributed by atoms with Crippen molar-refractivity contribution in [2.45, 2.75) is 39.4 Å². The van der Waals surface area contributed by atoms with E-state index in [2.05, 4.69) is 62.3 Å². The molecule has 0 bridgehead atoms. The van der Waals surface area contributed by atoms with Gasteiger partial charge in [0.05, 0.1) is 12.6 Å². The lowest BCUT2D eigenvalue weighted by Crippen LogP contribution is -2.56. The van der Waals surface area contributed by atoms with Crippen molar-refractivity contribution in [2.24, 2.45) is 0 Å². The van der Waals surface area contributed by atoms with Crippen LogP contribution in [0, 0.1) is 6.92 Å². The summed E-state index contributed by atoms with van der Waals surface area (Å²) in [5, 5.41) is 11.5. The summed E-state index contributed by atoms with van der Waals surface area (Å²) in [5.74, 6) is 3.64. The standard InChI is InChI=1S/C30H33N9O/c1-19-13-26(37-36-19)34-30-24-7-5-6-8-25(24)33-29(35-30)23-10-11-27(31-15-23)39-17-20(2)38(16-21(39)3)18-22-9-12-28(40-4)32-14-22/h5-15,20-21H,16-18H2,1-4H3,(H2,33,34,35,36,37). The van der Waals surface area contributed by atoms with Gasteiger partial charge >= 0.3 is 0 Å². The molecule has 2 unspecified atom stereocenters. The molecule has 2 N–H and O–H groups in total. The maximum Gasteiger partial charge on any atom is 0.212 e. The summed E-state index contributed by atoms with van der Waals surface area (Å²) in [7, 11) is 1.64. The average molecular weight is 536 g/mol. The van der Waals surface area contributed by atoms with E-state index in [9.17, 15) is 0 Å². The van der Waals surface area contributed by atoms with E-state index in [1.165, 1.54) is 5.56 Å². The van der Waals surface area contributed by atoms with Gasteiger partial charge in [-0.3, -0.25) is 10.00 Å². The largest absolute Gasteiger partial charge is 0.481 e. The smallest absolute Gasteiger partial charge is 0.212 e. The first-order valence-corrected chi connectivity index (χ1v) is 13.5. The molecular weight excluding hydrogens is 502 g/mol. The lowest BCUT2D eigenvalue weighted by molar-refractivity contribution is 0.157. The van der Waals surface area contributed by atoms with Crippen LogP contribution in [-0.4, -0.2) is 67.3 Å². The van der Waals surface area contributed by atoms with Crippen LogP contribution in [-0.2, 0) is 6.54 Å². The predicted octanol–water partition coefficient (Wildman–Crippen LogP) is 4.97. The van der Waals surface area contributed by atoms with Gasteiger partial charge in [0.2, 0.25) is 5.88 Å². The van der Waals surface area contributed by atoms with Crippen molar-refractivity contribution in [3.8, 4) is 17.3 Å². The maximum atomic E-state index is 5.19. The van der Waals surface area contributed by atoms with E-state index < -0.39 is 0 Å². The van der Waals surface area contributed by atoms with Gasteiger partial charge in [-0.05, 0) is 50.6 Å². The molecule has 0 saturated carbocycles. The van der Waals surface area contributed by atoms with E-state index in [1.807, 2.05) is 55.7 Å². The highest BCUT2D eigenvalue weighted by molar-refractivity contribution is 5.91. The lowest BCUT2D eigenvalue weighted by Gasteiger charge is -2.44. The Morgan fingerprint density at radius 1 is 0.975 bits per heavy atom. The lowest BCUT2D eigenvalue weighted by atomic mass is 10.1. The molecule has 0 amide bonds. The Hall–Kier alpha value is -4.57. The molecule has 40 heavy (non-hydrogen) atoms. The number of aryl methyl sites for hydroxylation is 1. The molecule has 1 aromatic carbocycles. The first-order chi connectivity index (χ1) is 19.5. The number of fused-ring (bicyclic) bond motifs is 1. The molecule has 10 nitrogen and oxygen atoms in total. The van der Waals surface area contributed by atoms with Gasteiger partial charge in [-0.25, -0.2) is 19.9 Å². The number of H-pyrrole nitrogens is 1. The summed E-state index contributed by atoms with van der Waals surface area (Å²) < 4.78 is 5.19. The Morgan fingerprint density at radius 2 is 1.85 bits per heavy atom. The highest BCUT2D eigenvalue weighted by atomic mass is 16.5. The second kappa shape index (κ2) is 10.9. The third-order valence-corrected chi connectivity index (χ3v) is 7.36. The zero-order valence-corrected chi connectivity index (χ0v) is 23.2. The van der Waals surface area contributed by atoms with Crippen LogP contribution in [0.1, 0.15) is 25.1 Å². The van der Waals surface area contributed by atoms with Crippen LogP contribution in [0.5, 0.6) is 5.88 Å². The van der Waals surface area contributed by atoms with Gasteiger partial charge in [-0.1, -0.05) is 18.2 Å². The highest BCUT2D eigenvalue weighted by Crippen LogP contribution is 2.29. The molecule has 0 spiro atoms. The number of benzene rings is 1. The van der Waals surface area contributed by atoms with E-state index in [4.69, 9.17) is 19.7 Å². The molecule has 1 aliphatic rings. The second-order valence-corrected chi connectivity index (χ2v) is 10.4. The molecule has 10 heteroatoms. The number of piperazine rings is 1. The normalized spacial score (nSPS) is 17.8. The second-order valence-electron chi connectivity index (χ2n) is 10.4. The quantitative estimate of drug-likeness (QED) is 0.299. The van der Waals surface area contributed by atoms with Crippen LogP contribution in [0.25, 0.3) is 22.3 Å². The number of aromatic amines is 1. The Kier molecular flexibility index (Phi) is 7.00. The van der Waals surface area contributed by atoms with Crippen molar-refractivity contribution in [1.82, 2.24) is 35.0 Å². The monoisotopic (exact) mass is 535 g/mol. The molecule has 1 fully saturated rings. The fourth-order valence-corrected chi connectivity index (χ4v) is 5.19. The van der Waals surface area contributed by atoms with Crippen molar-refractivity contribution < 1.29 is 4.74 Å². The van der Waals surface area contributed by atoms with E-state index >= 15 is 0 Å². The minimum atomic E-state index is 0.311. The predicted molar refractivity (Wildman–Crippen MR) is 157 cm³/mol. The SMILES string of the molecule is COc1ccc(CN2CC(C)N(c3ccc(-c4nc(Nc5cc(C)[nH]n5)c5ccccc5n4)cn3)CC2C)cn1. The number of hydrogen-bond acceptors (Lipinski definition) is 9. The van der Waals surface area contributed by atoms with Crippen molar-refractivity contribution >= 4 is 28.4 Å². The zero-order valence-electron chi connectivity index (χ0n) is 23.2. The van der Waals surface area contributed by atoms with Gasteiger partial charge in [0.1, 0.15) is 11.6 Å². The van der Waals surface area contributed by atoms with E-state index in [1.54, 1.807) is 7.11 Å². The van der Waals surface area contributed by atoms with Gasteiger partial charge in [0.15, 0.2) is 11.6 Å². The number of rotatable bonds is 7. The van der Waals surface area contributed by atoms with Crippen molar-refractivity contribution in [3.63, 3.8) is 0 Å². The van der Waals surface area contributed by atoms with Crippen molar-refractivity contribution in [1.29, 1.82) is 0 Å². The van der Waals surface area contributed by atoms with Crippen LogP contribution in [0.2, 0.25) is 0 Å². The summed E-state index contributed by atoms with van der Waals surface area (Å²) >= 11 is 0. The molecule has 0 radical (unpaired) electrons. The Bertz CT molecular complexity index is 1600. The number of para-hydroxylation sites is 1. The zero-order chi connectivity index (χ0) is 27.6. The minimum absolute atomic E-state index is 0.311. The number of hydrogen-bond donors (Lipinski definition) is 2. The Morgan fingerprint density at radius 3 is 2.58 bits per heavy atom. The van der Waals surface area contributed by atoms with Crippen LogP contribution in [0.4, 0.5) is 17.5 Å². The minimum Gasteiger partial charge on any atom is -0.481 e. The van der Waals surface area contributed by atoms with E-state index in [0.717, 1.165) is 47.6 Å². The fourth-order valence-electron chi connectivity index (χ4n) is 5.19. The van der Waals surface area contributed by atoms with Crippen LogP contribution >= 0.6 is 0 Å². The highest BCUT2D eigenvalue weighted by Gasteiger charge is 2.30. The van der Waals surface area contributed by atoms with Crippen molar-refractivity contribution in [3.05, 3.63) is 78.2 Å². The third-order valence-electron chi connectivity index (χ3n) is 7.36. The van der Waals surface area contributed by atoms with Gasteiger partial charge in [-0.15, -0.1) is 0 Å². The summed E-state index contributed by atoms with van der Waals surface area (Å²) in [6, 6.07) is 18.7. The molecule has 6 rings (SSSR count). The Labute approximate surface area is 233 Å². The molecular formula is C30H33N9O. The molecule has 2 atom stereocenters. The summed E-state index contributed by atoms with van der Waals surface area (Å²) in [6.07, 6.45) is 3.77. The molecule has 5 aromatic rings. The molecule has 0 aliphatic carbocycles. The number of nitrogens with one attached hydrogen (secondary N) is 2. The number of methoxy groups -OCH3 is 1. The van der Waals surface area contributed by atoms with E-state index in [0.29, 0.717) is 35.4 Å². The van der Waals surface area contributed by atoms with Crippen molar-refractivity contribution in [2.75, 3.05) is 30.4 Å². The summed E-state index contributed by atoms with van der Waals surface area (Å²) in [6.45, 7) is 9.17. The number of pyridine rings is 2. The molecule has 204 valence electrons. The van der Waals surface area contributed by atoms with Gasteiger partial charge in [-0.2, -0.15) is 5.10 Å². The van der Waals surface area contributed by atoms with Gasteiger partial charge in [0, 0.05) is 72.9 Å². The summed E-state index contributed by atoms with van der Waals surface area (Å²) in [4.78, 5) is 23.8. The maximum absolute atomic E-state index is 5.19. The molecule has 1 aliphatic heterocycles. The van der Waals surface area contributed by atoms with Crippen LogP contribution in [0.3, 0.4) is 0 Å². The van der Waals surface area contributed by atoms with Gasteiger partial charge < -0.3 is 15.0 Å². The number of aromatic nitrogens is 6. The number of nitrogens with zero attached hydrogens (tertiary/aromatic N) is 7. The Balaban J connectivity index is 1.20. The molecule has 5 heterocycles. The van der Waals surface area contributed by atoms with Crippen LogP contribution in [0.15, 0.2) is 67.0 Å². The first kappa shape index (κ1) is 25.7. The molecule has 4 aromatic heterocycles. The first-order valence-electron chi connectivity index (χ1n) is 13.5. The third kappa shape index (κ3) is 5.30. The summed E-state index contributed by atoms with van der Waals surface area (Å²) in [5.41, 5.74) is 3.88. The fraction of sp³-hybridized carbons (Fsp3) is 0.300. The van der Waals surface area contributed by atoms with Gasteiger partial charge in [0.25, 0.3) is 0 Å². The van der Waals surface area contributed by atoms with E-state index in [-0.39, 0.29) is 0 Å². The number of ether oxygens (including phenoxy) is 1. The number of anilines is 3. The topological polar surface area (TPSA) is 108 Å². The molecule has 1 saturated heterocycles. The van der Waals surface area contributed by atoms with Crippen LogP contribution < -0.4 is 15.0 Å².